The van der Waals surface area contributed by atoms with E-state index < -0.39 is 27.5 Å². The molecule has 1 fully saturated rings. The maximum atomic E-state index is 13.3. The lowest BCUT2D eigenvalue weighted by Crippen LogP contribution is -2.56. The molecule has 0 radical (unpaired) electrons. The summed E-state index contributed by atoms with van der Waals surface area (Å²) in [6.07, 6.45) is 0.450. The number of carbonyl (C=O) groups is 1. The van der Waals surface area contributed by atoms with Crippen LogP contribution in [-0.2, 0) is 23.2 Å². The second-order valence-corrected chi connectivity index (χ2v) is 22.1. The van der Waals surface area contributed by atoms with Crippen molar-refractivity contribution in [3.8, 4) is 0 Å². The van der Waals surface area contributed by atoms with E-state index in [9.17, 15) is 13.2 Å². The van der Waals surface area contributed by atoms with Crippen LogP contribution in [-0.4, -0.2) is 80.9 Å². The molecule has 36 heavy (non-hydrogen) atoms. The third-order valence-corrected chi connectivity index (χ3v) is 13.4. The highest BCUT2D eigenvalue weighted by molar-refractivity contribution is 7.86. The first kappa shape index (κ1) is 31.4. The van der Waals surface area contributed by atoms with Crippen molar-refractivity contribution in [2.24, 2.45) is 5.41 Å². The molecule has 208 valence electrons. The molecule has 0 aromatic carbocycles. The smallest absolute Gasteiger partial charge is 0.271 e. The Morgan fingerprint density at radius 1 is 1.25 bits per heavy atom. The Morgan fingerprint density at radius 2 is 1.83 bits per heavy atom. The number of anilines is 1. The van der Waals surface area contributed by atoms with Gasteiger partial charge in [-0.25, -0.2) is 4.98 Å². The Morgan fingerprint density at radius 3 is 2.31 bits per heavy atom. The van der Waals surface area contributed by atoms with E-state index in [1.165, 1.54) is 11.3 Å². The molecule has 1 aliphatic heterocycles. The van der Waals surface area contributed by atoms with Crippen LogP contribution in [0.5, 0.6) is 0 Å². The van der Waals surface area contributed by atoms with Gasteiger partial charge in [0, 0.05) is 18.5 Å². The van der Waals surface area contributed by atoms with Gasteiger partial charge in [-0.15, -0.1) is 11.3 Å². The number of nitrogens with zero attached hydrogens (tertiary/aromatic N) is 2. The van der Waals surface area contributed by atoms with E-state index in [2.05, 4.69) is 78.0 Å². The monoisotopic (exact) mass is 579 g/mol. The van der Waals surface area contributed by atoms with Crippen LogP contribution >= 0.6 is 11.3 Å². The Hall–Kier alpha value is -0.836. The summed E-state index contributed by atoms with van der Waals surface area (Å²) in [6, 6.07) is -0.330. The summed E-state index contributed by atoms with van der Waals surface area (Å²) in [7, 11) is -6.94. The Labute approximate surface area is 224 Å². The average Bonchev–Trinajstić information content (AvgIpc) is 3.13. The minimum Gasteiger partial charge on any atom is -0.415 e. The van der Waals surface area contributed by atoms with Crippen molar-refractivity contribution in [3.63, 3.8) is 0 Å². The molecule has 2 rings (SSSR count). The Kier molecular flexibility index (Phi) is 10.0. The van der Waals surface area contributed by atoms with E-state index in [1.807, 2.05) is 4.90 Å². The second kappa shape index (κ2) is 11.5. The fraction of sp³-hybridized carbons (Fsp3) is 0.826. The summed E-state index contributed by atoms with van der Waals surface area (Å²) < 4.78 is 40.6. The average molecular weight is 580 g/mol. The number of nitrogens with one attached hydrogen (secondary N) is 1. The highest BCUT2D eigenvalue weighted by Gasteiger charge is 2.41. The maximum absolute atomic E-state index is 13.3. The van der Waals surface area contributed by atoms with Crippen molar-refractivity contribution in [2.45, 2.75) is 91.0 Å². The van der Waals surface area contributed by atoms with Gasteiger partial charge in [0.05, 0.1) is 25.0 Å². The lowest BCUT2D eigenvalue weighted by Gasteiger charge is -2.42. The molecule has 1 saturated heterocycles. The fourth-order valence-electron chi connectivity index (χ4n) is 3.57. The van der Waals surface area contributed by atoms with Crippen molar-refractivity contribution < 1.29 is 26.2 Å². The zero-order valence-corrected chi connectivity index (χ0v) is 27.5. The van der Waals surface area contributed by atoms with Gasteiger partial charge in [-0.05, 0) is 36.6 Å². The van der Waals surface area contributed by atoms with Crippen molar-refractivity contribution in [1.82, 2.24) is 10.3 Å². The first-order chi connectivity index (χ1) is 16.2. The zero-order valence-electron chi connectivity index (χ0n) is 23.7. The minimum atomic E-state index is -3.49. The van der Waals surface area contributed by atoms with E-state index in [-0.39, 0.29) is 34.6 Å². The van der Waals surface area contributed by atoms with Crippen molar-refractivity contribution in [3.05, 3.63) is 11.1 Å². The van der Waals surface area contributed by atoms with E-state index in [0.717, 1.165) is 6.26 Å². The third-order valence-electron chi connectivity index (χ3n) is 6.54. The van der Waals surface area contributed by atoms with Crippen LogP contribution in [0.1, 0.15) is 52.0 Å². The van der Waals surface area contributed by atoms with Crippen LogP contribution in [0.3, 0.4) is 0 Å². The van der Waals surface area contributed by atoms with Gasteiger partial charge in [0.25, 0.3) is 16.0 Å². The molecule has 2 atom stereocenters. The molecule has 9 nitrogen and oxygen atoms in total. The van der Waals surface area contributed by atoms with Crippen LogP contribution in [0.2, 0.25) is 31.2 Å². The Balaban J connectivity index is 2.17. The van der Waals surface area contributed by atoms with Gasteiger partial charge in [0.15, 0.2) is 22.5 Å². The lowest BCUT2D eigenvalue weighted by atomic mass is 9.85. The number of amides is 1. The fourth-order valence-corrected chi connectivity index (χ4v) is 7.23. The third kappa shape index (κ3) is 8.88. The number of aromatic nitrogens is 1. The predicted molar refractivity (Wildman–Crippen MR) is 152 cm³/mol. The molecular formula is C23H45N3O6S2Si2. The summed E-state index contributed by atoms with van der Waals surface area (Å²) >= 11 is 1.35. The topological polar surface area (TPSA) is 107 Å². The van der Waals surface area contributed by atoms with Gasteiger partial charge in [-0.1, -0.05) is 41.5 Å². The van der Waals surface area contributed by atoms with E-state index in [0.29, 0.717) is 30.5 Å². The van der Waals surface area contributed by atoms with Crippen molar-refractivity contribution >= 4 is 49.9 Å². The van der Waals surface area contributed by atoms with E-state index in [1.54, 1.807) is 5.38 Å². The zero-order chi connectivity index (χ0) is 27.7. The minimum absolute atomic E-state index is 0.0478. The molecule has 0 aliphatic carbocycles. The van der Waals surface area contributed by atoms with Crippen LogP contribution in [0.25, 0.3) is 0 Å². The molecule has 0 bridgehead atoms. The highest BCUT2D eigenvalue weighted by atomic mass is 32.2. The predicted octanol–water partition coefficient (Wildman–Crippen LogP) is 3.84. The Bertz CT molecular complexity index is 996. The number of carbonyl (C=O) groups excluding carboxylic acids is 1. The molecule has 1 aromatic heterocycles. The number of hydrogen-bond donors (Lipinski definition) is 1. The van der Waals surface area contributed by atoms with Crippen LogP contribution in [0.4, 0.5) is 5.13 Å². The first-order valence-electron chi connectivity index (χ1n) is 12.4. The van der Waals surface area contributed by atoms with Crippen LogP contribution < -0.4 is 10.2 Å². The SMILES string of the molecule is C[SiH](C)OC(C(CO[Si](C)(C)C(C)(C)C)NC(=O)c1csc(N2CC(OS(C)(=O)=O)C2)n1)C(C)(C)C. The second-order valence-electron chi connectivity index (χ2n) is 12.5. The first-order valence-corrected chi connectivity index (χ1v) is 20.8. The molecule has 2 unspecified atom stereocenters. The van der Waals surface area contributed by atoms with Gasteiger partial charge >= 0.3 is 0 Å². The van der Waals surface area contributed by atoms with E-state index >= 15 is 0 Å². The normalized spacial score (nSPS) is 17.7. The quantitative estimate of drug-likeness (QED) is 0.311. The van der Waals surface area contributed by atoms with Gasteiger partial charge < -0.3 is 19.1 Å². The van der Waals surface area contributed by atoms with E-state index in [4.69, 9.17) is 13.0 Å². The molecule has 0 spiro atoms. The number of rotatable bonds is 11. The summed E-state index contributed by atoms with van der Waals surface area (Å²) in [5.74, 6) is -0.269. The molecule has 1 N–H and O–H groups in total. The standard InChI is InChI=1S/C23H45N3O6S2Si2/c1-22(2,3)19(32-35(8)9)17(14-30-36(10,11)23(4,5)6)24-20(27)18-15-33-21(25-18)26-12-16(13-26)31-34(7,28)29/h15-17,19,35H,12-14H2,1-11H3,(H,24,27). The number of thiazole rings is 1. The van der Waals surface area contributed by atoms with Crippen LogP contribution in [0, 0.1) is 5.41 Å². The summed E-state index contributed by atoms with van der Waals surface area (Å²) in [4.78, 5) is 19.7. The van der Waals surface area contributed by atoms with Gasteiger partial charge in [0.2, 0.25) is 0 Å². The maximum Gasteiger partial charge on any atom is 0.271 e. The summed E-state index contributed by atoms with van der Waals surface area (Å²) in [5.41, 5.74) is 0.125. The van der Waals surface area contributed by atoms with Gasteiger partial charge in [0.1, 0.15) is 11.8 Å². The van der Waals surface area contributed by atoms with Gasteiger partial charge in [-0.3, -0.25) is 8.98 Å². The van der Waals surface area contributed by atoms with Crippen LogP contribution in [0.15, 0.2) is 5.38 Å². The molecule has 1 aromatic rings. The molecule has 1 aliphatic rings. The molecule has 2 heterocycles. The summed E-state index contributed by atoms with van der Waals surface area (Å²) in [6.45, 7) is 22.9. The largest absolute Gasteiger partial charge is 0.415 e. The summed E-state index contributed by atoms with van der Waals surface area (Å²) in [5, 5.41) is 5.62. The van der Waals surface area contributed by atoms with Crippen molar-refractivity contribution in [2.75, 3.05) is 30.9 Å². The lowest BCUT2D eigenvalue weighted by molar-refractivity contribution is 0.0292. The highest BCUT2D eigenvalue weighted by Crippen LogP contribution is 2.37. The van der Waals surface area contributed by atoms with Gasteiger partial charge in [-0.2, -0.15) is 8.42 Å². The molecule has 13 heteroatoms. The number of hydrogen-bond acceptors (Lipinski definition) is 9. The molecular weight excluding hydrogens is 535 g/mol. The van der Waals surface area contributed by atoms with Crippen molar-refractivity contribution in [1.29, 1.82) is 0 Å². The molecule has 0 saturated carbocycles. The molecule has 1 amide bonds.